The van der Waals surface area contributed by atoms with E-state index in [1.807, 2.05) is 62.4 Å². The molecule has 1 saturated heterocycles. The SMILES string of the molecule is CCOC(OCC)[C@H]1C=C2Oc3ccccc3[C@H]2[C@H]2C(=O)N(c3ccccc3)C(=O)[C@H]21. The highest BCUT2D eigenvalue weighted by Crippen LogP contribution is 2.56. The molecule has 0 radical (unpaired) electrons. The molecular formula is C25H25NO5. The fourth-order valence-corrected chi connectivity index (χ4v) is 5.12. The molecule has 6 heteroatoms. The van der Waals surface area contributed by atoms with Crippen molar-refractivity contribution in [3.8, 4) is 5.75 Å². The normalized spacial score (nSPS) is 26.4. The molecule has 6 nitrogen and oxygen atoms in total. The fraction of sp³-hybridized carbons (Fsp3) is 0.360. The predicted molar refractivity (Wildman–Crippen MR) is 114 cm³/mol. The van der Waals surface area contributed by atoms with Gasteiger partial charge in [0.05, 0.1) is 23.4 Å². The largest absolute Gasteiger partial charge is 0.461 e. The van der Waals surface area contributed by atoms with Crippen LogP contribution in [0.2, 0.25) is 0 Å². The monoisotopic (exact) mass is 419 g/mol. The Bertz CT molecular complexity index is 1030. The van der Waals surface area contributed by atoms with Gasteiger partial charge in [-0.1, -0.05) is 36.4 Å². The number of hydrogen-bond acceptors (Lipinski definition) is 5. The van der Waals surface area contributed by atoms with Crippen LogP contribution in [0.25, 0.3) is 0 Å². The first-order chi connectivity index (χ1) is 15.2. The van der Waals surface area contributed by atoms with Crippen LogP contribution < -0.4 is 9.64 Å². The van der Waals surface area contributed by atoms with E-state index >= 15 is 0 Å². The molecule has 2 aromatic rings. The lowest BCUT2D eigenvalue weighted by atomic mass is 9.69. The summed E-state index contributed by atoms with van der Waals surface area (Å²) in [5.41, 5.74) is 1.53. The number of rotatable bonds is 6. The Hall–Kier alpha value is -2.96. The van der Waals surface area contributed by atoms with Gasteiger partial charge >= 0.3 is 0 Å². The van der Waals surface area contributed by atoms with Crippen molar-refractivity contribution in [3.05, 3.63) is 72.0 Å². The molecular weight excluding hydrogens is 394 g/mol. The molecule has 0 unspecified atom stereocenters. The summed E-state index contributed by atoms with van der Waals surface area (Å²) in [4.78, 5) is 28.8. The van der Waals surface area contributed by atoms with Crippen molar-refractivity contribution in [1.29, 1.82) is 0 Å². The number of para-hydroxylation sites is 2. The van der Waals surface area contributed by atoms with Crippen LogP contribution >= 0.6 is 0 Å². The Morgan fingerprint density at radius 3 is 2.26 bits per heavy atom. The lowest BCUT2D eigenvalue weighted by Crippen LogP contribution is -2.42. The summed E-state index contributed by atoms with van der Waals surface area (Å²) in [6, 6.07) is 16.8. The van der Waals surface area contributed by atoms with E-state index < -0.39 is 24.0 Å². The number of carbonyl (C=O) groups excluding carboxylic acids is 2. The maximum atomic E-state index is 13.7. The van der Waals surface area contributed by atoms with Crippen LogP contribution in [0.5, 0.6) is 5.75 Å². The van der Waals surface area contributed by atoms with Crippen LogP contribution in [0, 0.1) is 17.8 Å². The molecule has 4 atom stereocenters. The molecule has 0 spiro atoms. The second kappa shape index (κ2) is 7.94. The highest BCUT2D eigenvalue weighted by atomic mass is 16.7. The van der Waals surface area contributed by atoms with Crippen molar-refractivity contribution >= 4 is 17.5 Å². The smallest absolute Gasteiger partial charge is 0.238 e. The summed E-state index contributed by atoms with van der Waals surface area (Å²) < 4.78 is 17.9. The van der Waals surface area contributed by atoms with E-state index in [1.54, 1.807) is 12.1 Å². The standard InChI is InChI=1S/C25H25NO5/c1-3-29-25(30-4-2)17-14-19-20(16-12-8-9-13-18(16)31-19)22-21(17)23(27)26(24(22)28)15-10-6-5-7-11-15/h5-14,17,20-22,25H,3-4H2,1-2H3/t17-,20+,21-,22+/m0/s1. The van der Waals surface area contributed by atoms with Crippen LogP contribution in [0.1, 0.15) is 25.3 Å². The lowest BCUT2D eigenvalue weighted by molar-refractivity contribution is -0.174. The zero-order valence-electron chi connectivity index (χ0n) is 17.6. The van der Waals surface area contributed by atoms with Gasteiger partial charge < -0.3 is 14.2 Å². The number of amides is 2. The molecule has 3 aliphatic rings. The van der Waals surface area contributed by atoms with E-state index in [0.29, 0.717) is 24.7 Å². The minimum absolute atomic E-state index is 0.200. The summed E-state index contributed by atoms with van der Waals surface area (Å²) >= 11 is 0. The molecule has 1 fully saturated rings. The highest BCUT2D eigenvalue weighted by molar-refractivity contribution is 6.22. The van der Waals surface area contributed by atoms with Gasteiger partial charge in [-0.2, -0.15) is 0 Å². The van der Waals surface area contributed by atoms with Gasteiger partial charge in [-0.15, -0.1) is 0 Å². The first-order valence-corrected chi connectivity index (χ1v) is 10.8. The van der Waals surface area contributed by atoms with Crippen molar-refractivity contribution < 1.29 is 23.8 Å². The maximum absolute atomic E-state index is 13.7. The number of carbonyl (C=O) groups is 2. The Morgan fingerprint density at radius 2 is 1.55 bits per heavy atom. The average molecular weight is 419 g/mol. The second-order valence-corrected chi connectivity index (χ2v) is 7.94. The van der Waals surface area contributed by atoms with Crippen LogP contribution in [0.3, 0.4) is 0 Å². The van der Waals surface area contributed by atoms with Gasteiger partial charge in [-0.3, -0.25) is 14.5 Å². The highest BCUT2D eigenvalue weighted by Gasteiger charge is 2.60. The molecule has 160 valence electrons. The van der Waals surface area contributed by atoms with Crippen LogP contribution in [0.4, 0.5) is 5.69 Å². The van der Waals surface area contributed by atoms with Gasteiger partial charge in [0.25, 0.3) is 0 Å². The molecule has 5 rings (SSSR count). The van der Waals surface area contributed by atoms with Gasteiger partial charge in [-0.25, -0.2) is 0 Å². The van der Waals surface area contributed by atoms with Crippen LogP contribution in [0.15, 0.2) is 66.4 Å². The van der Waals surface area contributed by atoms with Crippen molar-refractivity contribution in [2.45, 2.75) is 26.1 Å². The number of allylic oxidation sites excluding steroid dienone is 1. The molecule has 1 aliphatic carbocycles. The Labute approximate surface area is 181 Å². The van der Waals surface area contributed by atoms with Gasteiger partial charge in [0, 0.05) is 24.7 Å². The predicted octanol–water partition coefficient (Wildman–Crippen LogP) is 3.88. The fourth-order valence-electron chi connectivity index (χ4n) is 5.12. The third-order valence-corrected chi connectivity index (χ3v) is 6.31. The van der Waals surface area contributed by atoms with Crippen LogP contribution in [-0.2, 0) is 19.1 Å². The Balaban J connectivity index is 1.64. The first kappa shape index (κ1) is 20.0. The van der Waals surface area contributed by atoms with Gasteiger partial charge in [0.2, 0.25) is 11.8 Å². The zero-order valence-corrected chi connectivity index (χ0v) is 17.6. The lowest BCUT2D eigenvalue weighted by Gasteiger charge is -2.35. The van der Waals surface area contributed by atoms with E-state index in [-0.39, 0.29) is 17.7 Å². The molecule has 2 amide bonds. The Kier molecular flexibility index (Phi) is 5.12. The molecule has 2 heterocycles. The van der Waals surface area contributed by atoms with E-state index in [2.05, 4.69) is 0 Å². The van der Waals surface area contributed by atoms with E-state index in [1.165, 1.54) is 4.90 Å². The summed E-state index contributed by atoms with van der Waals surface area (Å²) in [6.45, 7) is 4.66. The topological polar surface area (TPSA) is 65.1 Å². The Morgan fingerprint density at radius 1 is 0.903 bits per heavy atom. The summed E-state index contributed by atoms with van der Waals surface area (Å²) in [5, 5.41) is 0. The second-order valence-electron chi connectivity index (χ2n) is 7.94. The zero-order chi connectivity index (χ0) is 21.5. The van der Waals surface area contributed by atoms with Crippen molar-refractivity contribution in [1.82, 2.24) is 0 Å². The number of anilines is 1. The number of fused-ring (bicyclic) bond motifs is 5. The molecule has 0 bridgehead atoms. The van der Waals surface area contributed by atoms with Crippen molar-refractivity contribution in [3.63, 3.8) is 0 Å². The summed E-state index contributed by atoms with van der Waals surface area (Å²) in [5.74, 6) is -0.829. The summed E-state index contributed by atoms with van der Waals surface area (Å²) in [7, 11) is 0. The van der Waals surface area contributed by atoms with Gasteiger partial charge in [0.15, 0.2) is 6.29 Å². The maximum Gasteiger partial charge on any atom is 0.238 e. The van der Waals surface area contributed by atoms with Crippen LogP contribution in [-0.4, -0.2) is 31.3 Å². The summed E-state index contributed by atoms with van der Waals surface area (Å²) in [6.07, 6.45) is 1.32. The van der Waals surface area contributed by atoms with E-state index in [4.69, 9.17) is 14.2 Å². The van der Waals surface area contributed by atoms with Gasteiger partial charge in [-0.05, 0) is 38.1 Å². The first-order valence-electron chi connectivity index (χ1n) is 10.8. The number of benzene rings is 2. The number of ether oxygens (including phenoxy) is 3. The third kappa shape index (κ3) is 3.09. The molecule has 0 N–H and O–H groups in total. The van der Waals surface area contributed by atoms with Gasteiger partial charge in [0.1, 0.15) is 11.5 Å². The van der Waals surface area contributed by atoms with Crippen molar-refractivity contribution in [2.24, 2.45) is 17.8 Å². The quantitative estimate of drug-likeness (QED) is 0.525. The molecule has 0 aromatic heterocycles. The average Bonchev–Trinajstić information content (AvgIpc) is 3.28. The van der Waals surface area contributed by atoms with Crippen molar-refractivity contribution in [2.75, 3.05) is 18.1 Å². The van der Waals surface area contributed by atoms with E-state index in [0.717, 1.165) is 11.3 Å². The minimum atomic E-state index is -0.629. The van der Waals surface area contributed by atoms with E-state index in [9.17, 15) is 9.59 Å². The number of nitrogens with zero attached hydrogens (tertiary/aromatic N) is 1. The number of hydrogen-bond donors (Lipinski definition) is 0. The molecule has 0 saturated carbocycles. The minimum Gasteiger partial charge on any atom is -0.461 e. The molecule has 2 aromatic carbocycles. The number of imide groups is 1. The molecule has 2 aliphatic heterocycles. The molecule has 31 heavy (non-hydrogen) atoms. The third-order valence-electron chi connectivity index (χ3n) is 6.31.